The molecule has 0 aliphatic carbocycles. The first-order valence-electron chi connectivity index (χ1n) is 15.7. The van der Waals surface area contributed by atoms with Crippen LogP contribution in [0.5, 0.6) is 5.75 Å². The first kappa shape index (κ1) is 35.5. The summed E-state index contributed by atoms with van der Waals surface area (Å²) in [6.45, 7) is 5.10. The van der Waals surface area contributed by atoms with E-state index in [2.05, 4.69) is 26.8 Å². The number of carbonyl (C=O) groups is 1. The van der Waals surface area contributed by atoms with E-state index in [1.54, 1.807) is 0 Å². The van der Waals surface area contributed by atoms with Crippen molar-refractivity contribution in [1.29, 1.82) is 0 Å². The maximum absolute atomic E-state index is 13.1. The predicted octanol–water partition coefficient (Wildman–Crippen LogP) is 11.9. The van der Waals surface area contributed by atoms with Gasteiger partial charge in [0.1, 0.15) is 5.75 Å². The summed E-state index contributed by atoms with van der Waals surface area (Å²) in [5.74, 6) is 1.31. The molecule has 1 unspecified atom stereocenters. The Balaban J connectivity index is 0.00000245. The highest BCUT2D eigenvalue weighted by Gasteiger charge is 2.30. The van der Waals surface area contributed by atoms with Gasteiger partial charge in [0.2, 0.25) is 0 Å². The zero-order valence-corrected chi connectivity index (χ0v) is 27.4. The molecule has 1 N–H and O–H groups in total. The minimum atomic E-state index is -4.34. The van der Waals surface area contributed by atoms with E-state index >= 15 is 0 Å². The van der Waals surface area contributed by atoms with Crippen molar-refractivity contribution in [2.75, 3.05) is 6.61 Å². The summed E-state index contributed by atoms with van der Waals surface area (Å²) < 4.78 is 51.3. The smallest absolute Gasteiger partial charge is 0.416 e. The van der Waals surface area contributed by atoms with Crippen LogP contribution in [0.2, 0.25) is 0 Å². The normalized spacial score (nSPS) is 11.7. The van der Waals surface area contributed by atoms with E-state index in [4.69, 9.17) is 9.29 Å². The lowest BCUT2D eigenvalue weighted by Crippen LogP contribution is -2.11. The van der Waals surface area contributed by atoms with Crippen molar-refractivity contribution in [3.63, 3.8) is 0 Å². The molecule has 0 fully saturated rings. The number of halogens is 3. The molecule has 0 saturated heterocycles. The van der Waals surface area contributed by atoms with Gasteiger partial charge in [-0.2, -0.15) is 13.2 Å². The molecule has 3 nitrogen and oxygen atoms in total. The molecule has 5 rings (SSSR count). The number of hydrogen-bond donors (Lipinski definition) is 2. The Hall–Kier alpha value is -4.33. The Labute approximate surface area is 280 Å². The standard InChI is InChI=1S/C40H37F3O2.H2OS/c1-3-5-6-28(4-2)27-45-38-25-21-36(22-26-38)39(44)35-17-15-33(16-18-35)31-9-7-29(8-10-31)30-11-13-32(14-12-30)34-19-23-37(24-20-34)40(41,42)43;1-2/h7-26,28H,3-6,27H2,1-2H3;1-2H. The number of rotatable bonds is 12. The van der Waals surface area contributed by atoms with Gasteiger partial charge in [-0.15, -0.1) is 0 Å². The fourth-order valence-corrected chi connectivity index (χ4v) is 5.36. The highest BCUT2D eigenvalue weighted by molar-refractivity contribution is 7.74. The maximum atomic E-state index is 13.1. The fraction of sp³-hybridized carbons (Fsp3) is 0.225. The van der Waals surface area contributed by atoms with Gasteiger partial charge >= 0.3 is 6.18 Å². The Morgan fingerprint density at radius 1 is 0.638 bits per heavy atom. The Morgan fingerprint density at radius 2 is 1.00 bits per heavy atom. The predicted molar refractivity (Wildman–Crippen MR) is 188 cm³/mol. The van der Waals surface area contributed by atoms with Crippen molar-refractivity contribution in [3.05, 3.63) is 138 Å². The van der Waals surface area contributed by atoms with Crippen LogP contribution in [-0.4, -0.2) is 16.9 Å². The second kappa shape index (κ2) is 17.0. The quantitative estimate of drug-likeness (QED) is 0.0798. The molecule has 0 bridgehead atoms. The molecule has 0 amide bonds. The first-order chi connectivity index (χ1) is 22.7. The van der Waals surface area contributed by atoms with Crippen molar-refractivity contribution in [3.8, 4) is 39.1 Å². The van der Waals surface area contributed by atoms with Crippen LogP contribution >= 0.6 is 12.9 Å². The van der Waals surface area contributed by atoms with Crippen LogP contribution in [0.1, 0.15) is 61.0 Å². The van der Waals surface area contributed by atoms with E-state index in [1.165, 1.54) is 31.4 Å². The van der Waals surface area contributed by atoms with E-state index in [9.17, 15) is 18.0 Å². The van der Waals surface area contributed by atoms with Gasteiger partial charge < -0.3 is 9.29 Å². The van der Waals surface area contributed by atoms with Crippen LogP contribution in [0, 0.1) is 5.92 Å². The van der Waals surface area contributed by atoms with Crippen LogP contribution in [0.25, 0.3) is 33.4 Å². The third kappa shape index (κ3) is 9.60. The summed E-state index contributed by atoms with van der Waals surface area (Å²) in [7, 11) is 0. The SMILES string of the molecule is CCCCC(CC)COc1ccc(C(=O)c2ccc(-c3ccc(-c4ccc(-c5ccc(C(F)(F)F)cc5)cc4)cc3)cc2)cc1.OS. The summed E-state index contributed by atoms with van der Waals surface area (Å²) in [4.78, 5) is 13.1. The van der Waals surface area contributed by atoms with Crippen LogP contribution in [0.3, 0.4) is 0 Å². The van der Waals surface area contributed by atoms with E-state index in [0.717, 1.165) is 57.7 Å². The van der Waals surface area contributed by atoms with E-state index < -0.39 is 11.7 Å². The molecule has 0 aliphatic heterocycles. The minimum Gasteiger partial charge on any atom is -0.493 e. The van der Waals surface area contributed by atoms with Gasteiger partial charge in [0.15, 0.2) is 5.78 Å². The monoisotopic (exact) mass is 656 g/mol. The van der Waals surface area contributed by atoms with Gasteiger partial charge in [-0.25, -0.2) is 0 Å². The number of alkyl halides is 3. The maximum Gasteiger partial charge on any atom is 0.416 e. The molecule has 0 heterocycles. The van der Waals surface area contributed by atoms with E-state index in [0.29, 0.717) is 23.7 Å². The second-order valence-corrected chi connectivity index (χ2v) is 11.4. The summed E-state index contributed by atoms with van der Waals surface area (Å²) in [5.41, 5.74) is 6.27. The molecule has 5 aromatic rings. The van der Waals surface area contributed by atoms with Crippen molar-refractivity contribution in [1.82, 2.24) is 0 Å². The number of carbonyl (C=O) groups excluding carboxylic acids is 1. The number of ether oxygens (including phenoxy) is 1. The van der Waals surface area contributed by atoms with Gasteiger partial charge in [-0.05, 0) is 95.0 Å². The molecule has 0 aromatic heterocycles. The molecule has 0 aliphatic rings. The van der Waals surface area contributed by atoms with E-state index in [1.807, 2.05) is 97.1 Å². The number of hydrogen-bond acceptors (Lipinski definition) is 4. The van der Waals surface area contributed by atoms with Crippen molar-refractivity contribution >= 4 is 18.7 Å². The third-order valence-electron chi connectivity index (χ3n) is 8.27. The molecule has 5 aromatic carbocycles. The molecular weight excluding hydrogens is 617 g/mol. The van der Waals surface area contributed by atoms with Gasteiger partial charge in [-0.3, -0.25) is 4.79 Å². The molecule has 0 saturated carbocycles. The molecule has 244 valence electrons. The molecule has 47 heavy (non-hydrogen) atoms. The highest BCUT2D eigenvalue weighted by Crippen LogP contribution is 2.32. The first-order valence-corrected chi connectivity index (χ1v) is 16.1. The lowest BCUT2D eigenvalue weighted by atomic mass is 9.96. The zero-order valence-electron chi connectivity index (χ0n) is 26.5. The summed E-state index contributed by atoms with van der Waals surface area (Å²) in [5, 5.41) is 0. The van der Waals surface area contributed by atoms with Crippen LogP contribution in [-0.2, 0) is 6.18 Å². The Kier molecular flexibility index (Phi) is 12.9. The number of unbranched alkanes of at least 4 members (excludes halogenated alkanes) is 1. The summed E-state index contributed by atoms with van der Waals surface area (Å²) in [6.07, 6.45) is 0.336. The van der Waals surface area contributed by atoms with Crippen molar-refractivity contribution in [2.45, 2.75) is 45.7 Å². The van der Waals surface area contributed by atoms with Gasteiger partial charge in [0.05, 0.1) is 12.2 Å². The molecule has 0 radical (unpaired) electrons. The lowest BCUT2D eigenvalue weighted by Gasteiger charge is -2.15. The molecule has 1 atom stereocenters. The topological polar surface area (TPSA) is 46.5 Å². The van der Waals surface area contributed by atoms with Gasteiger partial charge in [0.25, 0.3) is 0 Å². The average molecular weight is 657 g/mol. The zero-order chi connectivity index (χ0) is 33.8. The highest BCUT2D eigenvalue weighted by atomic mass is 32.1. The Morgan fingerprint density at radius 3 is 1.36 bits per heavy atom. The fourth-order valence-electron chi connectivity index (χ4n) is 5.36. The minimum absolute atomic E-state index is 0.0300. The third-order valence-corrected chi connectivity index (χ3v) is 8.27. The Bertz CT molecular complexity index is 1680. The average Bonchev–Trinajstić information content (AvgIpc) is 3.12. The number of thiol groups is 1. The van der Waals surface area contributed by atoms with Gasteiger partial charge in [-0.1, -0.05) is 118 Å². The van der Waals surface area contributed by atoms with E-state index in [-0.39, 0.29) is 5.78 Å². The van der Waals surface area contributed by atoms with Crippen LogP contribution in [0.4, 0.5) is 13.2 Å². The lowest BCUT2D eigenvalue weighted by molar-refractivity contribution is -0.137. The number of benzene rings is 5. The summed E-state index contributed by atoms with van der Waals surface area (Å²) in [6, 6.07) is 36.2. The van der Waals surface area contributed by atoms with Gasteiger partial charge in [0, 0.05) is 11.1 Å². The molecule has 7 heteroatoms. The van der Waals surface area contributed by atoms with Crippen molar-refractivity contribution in [2.24, 2.45) is 5.92 Å². The second-order valence-electron chi connectivity index (χ2n) is 11.4. The number of ketones is 1. The summed E-state index contributed by atoms with van der Waals surface area (Å²) >= 11 is 2.53. The molecule has 0 spiro atoms. The van der Waals surface area contributed by atoms with Crippen LogP contribution < -0.4 is 4.74 Å². The largest absolute Gasteiger partial charge is 0.493 e. The van der Waals surface area contributed by atoms with Crippen molar-refractivity contribution < 1.29 is 27.3 Å². The molecular formula is C40H39F3O3S. The van der Waals surface area contributed by atoms with Crippen LogP contribution in [0.15, 0.2) is 121 Å².